The van der Waals surface area contributed by atoms with E-state index in [9.17, 15) is 0 Å². The molecule has 2 heterocycles. The minimum absolute atomic E-state index is 0. The van der Waals surface area contributed by atoms with Gasteiger partial charge in [-0.1, -0.05) is 37.3 Å². The standard InChI is InChI=1S/C22H23NS.ClH/c1-14-11-12-18-17(13-14)20(15-7-3-2-4-8-15)21-16-9-5-6-10-19(16)24-22(21)23-18;/h2-4,7-8,14H,5-6,9-13H2,1H3;1H. The normalized spacial score (nSPS) is 19.2. The molecule has 2 aromatic heterocycles. The molecule has 0 saturated carbocycles. The number of rotatable bonds is 1. The predicted molar refractivity (Wildman–Crippen MR) is 110 cm³/mol. The van der Waals surface area contributed by atoms with Crippen molar-refractivity contribution in [3.8, 4) is 11.1 Å². The lowest BCUT2D eigenvalue weighted by Crippen LogP contribution is -2.14. The zero-order valence-electron chi connectivity index (χ0n) is 14.7. The van der Waals surface area contributed by atoms with Crippen LogP contribution in [0.25, 0.3) is 21.3 Å². The fraction of sp³-hybridized carbons (Fsp3) is 0.409. The molecule has 0 bridgehead atoms. The molecule has 25 heavy (non-hydrogen) atoms. The smallest absolute Gasteiger partial charge is 0.124 e. The SMILES string of the molecule is CC1CCc2nc3sc4c(c3c(-c3ccccc3)c2C1)CCCC4.Cl. The van der Waals surface area contributed by atoms with Gasteiger partial charge in [0.2, 0.25) is 0 Å². The fourth-order valence-corrected chi connectivity index (χ4v) is 5.85. The summed E-state index contributed by atoms with van der Waals surface area (Å²) in [6.07, 6.45) is 8.79. The van der Waals surface area contributed by atoms with Gasteiger partial charge in [0.15, 0.2) is 0 Å². The van der Waals surface area contributed by atoms with Crippen molar-refractivity contribution in [1.29, 1.82) is 0 Å². The van der Waals surface area contributed by atoms with E-state index in [4.69, 9.17) is 4.98 Å². The Morgan fingerprint density at radius 2 is 1.80 bits per heavy atom. The number of hydrogen-bond acceptors (Lipinski definition) is 2. The Balaban J connectivity index is 0.00000157. The fourth-order valence-electron chi connectivity index (χ4n) is 4.56. The molecular weight excluding hydrogens is 346 g/mol. The van der Waals surface area contributed by atoms with Gasteiger partial charge < -0.3 is 0 Å². The van der Waals surface area contributed by atoms with Gasteiger partial charge in [0.25, 0.3) is 0 Å². The van der Waals surface area contributed by atoms with Crippen molar-refractivity contribution < 1.29 is 0 Å². The van der Waals surface area contributed by atoms with Gasteiger partial charge in [-0.25, -0.2) is 4.98 Å². The summed E-state index contributed by atoms with van der Waals surface area (Å²) in [5, 5.41) is 1.49. The van der Waals surface area contributed by atoms with E-state index in [2.05, 4.69) is 37.3 Å². The second-order valence-corrected chi connectivity index (χ2v) is 8.60. The summed E-state index contributed by atoms with van der Waals surface area (Å²) >= 11 is 1.97. The molecule has 3 aromatic rings. The van der Waals surface area contributed by atoms with Crippen LogP contribution < -0.4 is 0 Å². The molecule has 0 amide bonds. The molecule has 0 aliphatic heterocycles. The molecule has 0 saturated heterocycles. The van der Waals surface area contributed by atoms with E-state index in [1.165, 1.54) is 65.6 Å². The van der Waals surface area contributed by atoms with Gasteiger partial charge in [-0.15, -0.1) is 23.7 Å². The lowest BCUT2D eigenvalue weighted by atomic mass is 9.81. The van der Waals surface area contributed by atoms with Crippen LogP contribution in [0.4, 0.5) is 0 Å². The third-order valence-electron chi connectivity index (χ3n) is 5.78. The zero-order chi connectivity index (χ0) is 16.1. The van der Waals surface area contributed by atoms with Crippen molar-refractivity contribution >= 4 is 34.0 Å². The van der Waals surface area contributed by atoms with E-state index in [0.29, 0.717) is 0 Å². The first-order valence-corrected chi connectivity index (χ1v) is 10.1. The number of hydrogen-bond donors (Lipinski definition) is 0. The number of halogens is 1. The lowest BCUT2D eigenvalue weighted by molar-refractivity contribution is 0.496. The quantitative estimate of drug-likeness (QED) is 0.484. The lowest BCUT2D eigenvalue weighted by Gasteiger charge is -2.25. The number of aromatic nitrogens is 1. The number of aryl methyl sites for hydroxylation is 3. The van der Waals surface area contributed by atoms with Crippen molar-refractivity contribution in [2.45, 2.75) is 51.9 Å². The van der Waals surface area contributed by atoms with Crippen LogP contribution in [0.2, 0.25) is 0 Å². The summed E-state index contributed by atoms with van der Waals surface area (Å²) in [7, 11) is 0. The summed E-state index contributed by atoms with van der Waals surface area (Å²) in [5.74, 6) is 0.772. The van der Waals surface area contributed by atoms with Crippen LogP contribution in [0.1, 0.15) is 47.9 Å². The molecule has 0 radical (unpaired) electrons. The van der Waals surface area contributed by atoms with Crippen molar-refractivity contribution in [3.63, 3.8) is 0 Å². The largest absolute Gasteiger partial charge is 0.242 e. The molecule has 1 aromatic carbocycles. The minimum atomic E-state index is 0. The van der Waals surface area contributed by atoms with Crippen LogP contribution in [0.3, 0.4) is 0 Å². The van der Waals surface area contributed by atoms with Gasteiger partial charge in [-0.3, -0.25) is 0 Å². The summed E-state index contributed by atoms with van der Waals surface area (Å²) < 4.78 is 0. The molecule has 2 aliphatic rings. The summed E-state index contributed by atoms with van der Waals surface area (Å²) in [5.41, 5.74) is 7.44. The number of nitrogens with zero attached hydrogens (tertiary/aromatic N) is 1. The van der Waals surface area contributed by atoms with Crippen molar-refractivity contribution in [3.05, 3.63) is 52.0 Å². The second kappa shape index (κ2) is 6.74. The molecular formula is C22H24ClNS. The summed E-state index contributed by atoms with van der Waals surface area (Å²) in [4.78, 5) is 8.07. The number of thiophene rings is 1. The molecule has 0 N–H and O–H groups in total. The van der Waals surface area contributed by atoms with Crippen molar-refractivity contribution in [2.75, 3.05) is 0 Å². The maximum absolute atomic E-state index is 5.16. The van der Waals surface area contributed by atoms with Crippen LogP contribution in [-0.2, 0) is 25.7 Å². The maximum atomic E-state index is 5.16. The Bertz CT molecular complexity index is 913. The number of benzene rings is 1. The van der Waals surface area contributed by atoms with E-state index in [1.807, 2.05) is 11.3 Å². The first kappa shape index (κ1) is 17.1. The number of pyridine rings is 1. The topological polar surface area (TPSA) is 12.9 Å². The Labute approximate surface area is 159 Å². The van der Waals surface area contributed by atoms with Gasteiger partial charge >= 0.3 is 0 Å². The summed E-state index contributed by atoms with van der Waals surface area (Å²) in [6, 6.07) is 11.1. The van der Waals surface area contributed by atoms with E-state index >= 15 is 0 Å². The Morgan fingerprint density at radius 3 is 2.64 bits per heavy atom. The second-order valence-electron chi connectivity index (χ2n) is 7.52. The third-order valence-corrected chi connectivity index (χ3v) is 6.96. The monoisotopic (exact) mass is 369 g/mol. The highest BCUT2D eigenvalue weighted by atomic mass is 35.5. The van der Waals surface area contributed by atoms with Gasteiger partial charge in [0.1, 0.15) is 4.83 Å². The van der Waals surface area contributed by atoms with Crippen LogP contribution in [-0.4, -0.2) is 4.98 Å². The molecule has 0 spiro atoms. The Hall–Kier alpha value is -1.38. The predicted octanol–water partition coefficient (Wildman–Crippen LogP) is 6.39. The minimum Gasteiger partial charge on any atom is -0.242 e. The average Bonchev–Trinajstić information content (AvgIpc) is 2.98. The maximum Gasteiger partial charge on any atom is 0.124 e. The van der Waals surface area contributed by atoms with E-state index in [0.717, 1.165) is 12.3 Å². The van der Waals surface area contributed by atoms with Crippen molar-refractivity contribution in [1.82, 2.24) is 4.98 Å². The molecule has 130 valence electrons. The first-order valence-electron chi connectivity index (χ1n) is 9.32. The van der Waals surface area contributed by atoms with Crippen LogP contribution in [0.15, 0.2) is 30.3 Å². The van der Waals surface area contributed by atoms with E-state index < -0.39 is 0 Å². The number of fused-ring (bicyclic) bond motifs is 4. The highest BCUT2D eigenvalue weighted by molar-refractivity contribution is 7.19. The van der Waals surface area contributed by atoms with Crippen LogP contribution >= 0.6 is 23.7 Å². The van der Waals surface area contributed by atoms with Crippen LogP contribution in [0, 0.1) is 5.92 Å². The third kappa shape index (κ3) is 2.80. The zero-order valence-corrected chi connectivity index (χ0v) is 16.3. The molecule has 2 aliphatic carbocycles. The van der Waals surface area contributed by atoms with Gasteiger partial charge in [0.05, 0.1) is 0 Å². The highest BCUT2D eigenvalue weighted by Gasteiger charge is 2.27. The van der Waals surface area contributed by atoms with E-state index in [1.54, 1.807) is 16.0 Å². The highest BCUT2D eigenvalue weighted by Crippen LogP contribution is 2.44. The first-order chi connectivity index (χ1) is 11.8. The van der Waals surface area contributed by atoms with Gasteiger partial charge in [0, 0.05) is 16.0 Å². The summed E-state index contributed by atoms with van der Waals surface area (Å²) in [6.45, 7) is 2.39. The van der Waals surface area contributed by atoms with E-state index in [-0.39, 0.29) is 12.4 Å². The van der Waals surface area contributed by atoms with Gasteiger partial charge in [-0.05, 0) is 73.1 Å². The molecule has 1 unspecified atom stereocenters. The Morgan fingerprint density at radius 1 is 1.00 bits per heavy atom. The van der Waals surface area contributed by atoms with Crippen molar-refractivity contribution in [2.24, 2.45) is 5.92 Å². The molecule has 3 heteroatoms. The molecule has 1 nitrogen and oxygen atoms in total. The average molecular weight is 370 g/mol. The molecule has 0 fully saturated rings. The molecule has 1 atom stereocenters. The Kier molecular flexibility index (Phi) is 4.59. The molecule has 5 rings (SSSR count). The van der Waals surface area contributed by atoms with Crippen LogP contribution in [0.5, 0.6) is 0 Å². The van der Waals surface area contributed by atoms with Gasteiger partial charge in [-0.2, -0.15) is 0 Å².